The van der Waals surface area contributed by atoms with Gasteiger partial charge >= 0.3 is 0 Å². The van der Waals surface area contributed by atoms with Gasteiger partial charge in [0.1, 0.15) is 0 Å². The van der Waals surface area contributed by atoms with Crippen LogP contribution >= 0.6 is 11.3 Å². The third-order valence-corrected chi connectivity index (χ3v) is 6.18. The number of aliphatic hydroxyl groups excluding tert-OH is 1. The van der Waals surface area contributed by atoms with E-state index in [-0.39, 0.29) is 24.5 Å². The van der Waals surface area contributed by atoms with Crippen molar-refractivity contribution in [2.45, 2.75) is 19.9 Å². The molecule has 1 atom stereocenters. The summed E-state index contributed by atoms with van der Waals surface area (Å²) >= 11 is 1.27. The second kappa shape index (κ2) is 7.46. The Hall–Kier alpha value is -2.97. The summed E-state index contributed by atoms with van der Waals surface area (Å²) in [6.07, 6.45) is 1.79. The number of nitrogens with zero attached hydrogens (tertiary/aromatic N) is 2. The van der Waals surface area contributed by atoms with Gasteiger partial charge in [0.2, 0.25) is 5.78 Å². The summed E-state index contributed by atoms with van der Waals surface area (Å²) in [7, 11) is 1.55. The molecule has 2 N–H and O–H groups in total. The number of aliphatic hydroxyl groups is 1. The van der Waals surface area contributed by atoms with E-state index < -0.39 is 17.7 Å². The summed E-state index contributed by atoms with van der Waals surface area (Å²) in [5.41, 5.74) is 2.34. The first-order valence-electron chi connectivity index (χ1n) is 9.21. The molecule has 8 heteroatoms. The number of thiazole rings is 1. The number of rotatable bonds is 6. The predicted octanol–water partition coefficient (Wildman–Crippen LogP) is 3.47. The first-order valence-corrected chi connectivity index (χ1v) is 10.0. The van der Waals surface area contributed by atoms with Gasteiger partial charge in [0.05, 0.1) is 33.8 Å². The van der Waals surface area contributed by atoms with Gasteiger partial charge in [0, 0.05) is 36.3 Å². The predicted molar refractivity (Wildman–Crippen MR) is 110 cm³/mol. The highest BCUT2D eigenvalue weighted by Crippen LogP contribution is 2.42. The van der Waals surface area contributed by atoms with E-state index in [0.29, 0.717) is 10.6 Å². The molecule has 0 spiro atoms. The Balaban J connectivity index is 1.87. The smallest absolute Gasteiger partial charge is 0.290 e. The van der Waals surface area contributed by atoms with Crippen molar-refractivity contribution in [1.82, 2.24) is 14.9 Å². The molecule has 1 amide bonds. The van der Waals surface area contributed by atoms with Crippen molar-refractivity contribution in [2.75, 3.05) is 20.3 Å². The van der Waals surface area contributed by atoms with Crippen LogP contribution in [0.3, 0.4) is 0 Å². The Morgan fingerprint density at radius 1 is 1.34 bits per heavy atom. The zero-order valence-electron chi connectivity index (χ0n) is 16.4. The number of ether oxygens (including phenoxy) is 1. The Kier molecular flexibility index (Phi) is 4.97. The van der Waals surface area contributed by atoms with Crippen LogP contribution in [0.4, 0.5) is 0 Å². The molecule has 2 aromatic heterocycles. The summed E-state index contributed by atoms with van der Waals surface area (Å²) in [5, 5.41) is 12.4. The number of aromatic nitrogens is 2. The van der Waals surface area contributed by atoms with Crippen molar-refractivity contribution in [1.29, 1.82) is 0 Å². The van der Waals surface area contributed by atoms with Crippen molar-refractivity contribution in [3.8, 4) is 0 Å². The number of carbonyl (C=O) groups is 2. The quantitative estimate of drug-likeness (QED) is 0.606. The van der Waals surface area contributed by atoms with Crippen molar-refractivity contribution in [3.63, 3.8) is 0 Å². The fourth-order valence-corrected chi connectivity index (χ4v) is 4.69. The molecule has 4 rings (SSSR count). The van der Waals surface area contributed by atoms with Crippen LogP contribution in [-0.4, -0.2) is 51.9 Å². The van der Waals surface area contributed by atoms with Crippen molar-refractivity contribution in [2.24, 2.45) is 0 Å². The van der Waals surface area contributed by atoms with Gasteiger partial charge in [-0.05, 0) is 19.9 Å². The summed E-state index contributed by atoms with van der Waals surface area (Å²) in [6, 6.07) is 6.96. The fourth-order valence-electron chi connectivity index (χ4n) is 3.81. The minimum Gasteiger partial charge on any atom is -0.503 e. The number of nitrogens with one attached hydrogen (secondary N) is 1. The Labute approximate surface area is 171 Å². The molecule has 0 radical (unpaired) electrons. The van der Waals surface area contributed by atoms with Crippen molar-refractivity contribution >= 4 is 33.9 Å². The molecule has 3 heterocycles. The second-order valence-electron chi connectivity index (χ2n) is 6.92. The maximum absolute atomic E-state index is 13.4. The number of fused-ring (bicyclic) bond motifs is 1. The molecule has 3 aromatic rings. The molecular weight excluding hydrogens is 390 g/mol. The largest absolute Gasteiger partial charge is 0.503 e. The van der Waals surface area contributed by atoms with Gasteiger partial charge in [-0.25, -0.2) is 4.98 Å². The standard InChI is InChI=1S/C21H21N3O4S/c1-11-20(29-12(2)23-11)18(25)16-17(24(8-9-28-3)21(27)19(16)26)14-10-22-15-7-5-4-6-13(14)15/h4-7,10,17,22,26H,8-9H2,1-3H3. The van der Waals surface area contributed by atoms with Crippen LogP contribution in [0.5, 0.6) is 0 Å². The lowest BCUT2D eigenvalue weighted by molar-refractivity contribution is -0.130. The Morgan fingerprint density at radius 3 is 2.79 bits per heavy atom. The lowest BCUT2D eigenvalue weighted by atomic mass is 9.94. The van der Waals surface area contributed by atoms with E-state index in [1.165, 1.54) is 16.2 Å². The summed E-state index contributed by atoms with van der Waals surface area (Å²) in [6.45, 7) is 4.12. The number of aryl methyl sites for hydroxylation is 2. The van der Waals surface area contributed by atoms with E-state index in [1.54, 1.807) is 20.2 Å². The minimum atomic E-state index is -0.705. The van der Waals surface area contributed by atoms with Crippen LogP contribution in [0.2, 0.25) is 0 Å². The van der Waals surface area contributed by atoms with Gasteiger partial charge < -0.3 is 19.7 Å². The molecule has 1 aliphatic rings. The molecule has 150 valence electrons. The number of benzene rings is 1. The zero-order chi connectivity index (χ0) is 20.7. The second-order valence-corrected chi connectivity index (χ2v) is 8.13. The summed E-state index contributed by atoms with van der Waals surface area (Å²) < 4.78 is 5.15. The van der Waals surface area contributed by atoms with E-state index >= 15 is 0 Å². The molecule has 0 saturated heterocycles. The number of H-pyrrole nitrogens is 1. The Morgan fingerprint density at radius 2 is 2.10 bits per heavy atom. The molecule has 1 unspecified atom stereocenters. The average molecular weight is 411 g/mol. The van der Waals surface area contributed by atoms with Gasteiger partial charge in [0.25, 0.3) is 5.91 Å². The number of Topliss-reactive ketones (excluding diaryl/α,β-unsaturated/α-hetero) is 1. The SMILES string of the molecule is COCCN1C(=O)C(O)=C(C(=O)c2sc(C)nc2C)C1c1c[nH]c2ccccc12. The zero-order valence-corrected chi connectivity index (χ0v) is 17.2. The van der Waals surface area contributed by atoms with Gasteiger partial charge in [0.15, 0.2) is 5.76 Å². The highest BCUT2D eigenvalue weighted by molar-refractivity contribution is 7.14. The average Bonchev–Trinajstić information content (AvgIpc) is 3.34. The molecular formula is C21H21N3O4S. The monoisotopic (exact) mass is 411 g/mol. The fraction of sp³-hybridized carbons (Fsp3) is 0.286. The number of methoxy groups -OCH3 is 1. The maximum atomic E-state index is 13.4. The number of amides is 1. The topological polar surface area (TPSA) is 95.5 Å². The number of aromatic amines is 1. The number of para-hydroxylation sites is 1. The van der Waals surface area contributed by atoms with E-state index in [4.69, 9.17) is 4.74 Å². The lowest BCUT2D eigenvalue weighted by Crippen LogP contribution is -2.33. The number of hydrogen-bond donors (Lipinski definition) is 2. The van der Waals surface area contributed by atoms with E-state index in [9.17, 15) is 14.7 Å². The normalized spacial score (nSPS) is 17.0. The summed E-state index contributed by atoms with van der Waals surface area (Å²) in [5.74, 6) is -1.44. The minimum absolute atomic E-state index is 0.0857. The lowest BCUT2D eigenvalue weighted by Gasteiger charge is -2.26. The molecule has 0 aliphatic carbocycles. The third-order valence-electron chi connectivity index (χ3n) is 5.11. The van der Waals surface area contributed by atoms with E-state index in [1.807, 2.05) is 31.2 Å². The van der Waals surface area contributed by atoms with Crippen molar-refractivity contribution in [3.05, 3.63) is 62.9 Å². The van der Waals surface area contributed by atoms with E-state index in [0.717, 1.165) is 21.5 Å². The molecule has 7 nitrogen and oxygen atoms in total. The molecule has 0 fully saturated rings. The molecule has 1 aliphatic heterocycles. The highest BCUT2D eigenvalue weighted by Gasteiger charge is 2.45. The van der Waals surface area contributed by atoms with Crippen LogP contribution in [0.1, 0.15) is 32.0 Å². The molecule has 0 bridgehead atoms. The number of carbonyl (C=O) groups excluding carboxylic acids is 2. The number of ketones is 1. The third kappa shape index (κ3) is 3.14. The van der Waals surface area contributed by atoms with Crippen molar-refractivity contribution < 1.29 is 19.4 Å². The van der Waals surface area contributed by atoms with Gasteiger partial charge in [-0.1, -0.05) is 18.2 Å². The first kappa shape index (κ1) is 19.4. The van der Waals surface area contributed by atoms with E-state index in [2.05, 4.69) is 9.97 Å². The molecule has 1 aromatic carbocycles. The van der Waals surface area contributed by atoms with Crippen LogP contribution in [-0.2, 0) is 9.53 Å². The van der Waals surface area contributed by atoms with Gasteiger partial charge in [-0.3, -0.25) is 9.59 Å². The van der Waals surface area contributed by atoms with Crippen LogP contribution in [0.25, 0.3) is 10.9 Å². The van der Waals surface area contributed by atoms with Crippen LogP contribution in [0.15, 0.2) is 41.8 Å². The highest BCUT2D eigenvalue weighted by atomic mass is 32.1. The maximum Gasteiger partial charge on any atom is 0.290 e. The number of hydrogen-bond acceptors (Lipinski definition) is 6. The van der Waals surface area contributed by atoms with Crippen LogP contribution < -0.4 is 0 Å². The van der Waals surface area contributed by atoms with Crippen LogP contribution in [0, 0.1) is 13.8 Å². The van der Waals surface area contributed by atoms with Gasteiger partial charge in [-0.2, -0.15) is 0 Å². The Bertz CT molecular complexity index is 1140. The van der Waals surface area contributed by atoms with Gasteiger partial charge in [-0.15, -0.1) is 11.3 Å². The molecule has 29 heavy (non-hydrogen) atoms. The molecule has 0 saturated carbocycles. The summed E-state index contributed by atoms with van der Waals surface area (Å²) in [4.78, 5) is 35.8. The first-order chi connectivity index (χ1) is 13.9.